The van der Waals surface area contributed by atoms with Gasteiger partial charge in [-0.05, 0) is 6.42 Å². The maximum atomic E-state index is 10.7. The second-order valence-corrected chi connectivity index (χ2v) is 3.62. The Labute approximate surface area is 75.5 Å². The van der Waals surface area contributed by atoms with E-state index in [1.54, 1.807) is 0 Å². The van der Waals surface area contributed by atoms with Crippen LogP contribution in [-0.2, 0) is 9.59 Å². The topological polar surface area (TPSA) is 80.4 Å². The Hall–Kier alpha value is -0.710. The second-order valence-electron chi connectivity index (χ2n) is 2.31. The van der Waals surface area contributed by atoms with Crippen molar-refractivity contribution in [2.75, 3.05) is 5.75 Å². The molecule has 70 valence electrons. The molecule has 0 radical (unpaired) electrons. The van der Waals surface area contributed by atoms with Crippen molar-refractivity contribution in [2.24, 2.45) is 5.73 Å². The molecule has 0 saturated carbocycles. The van der Waals surface area contributed by atoms with Crippen LogP contribution in [0.4, 0.5) is 0 Å². The molecule has 0 aromatic rings. The molecule has 0 aliphatic heterocycles. The maximum absolute atomic E-state index is 10.7. The van der Waals surface area contributed by atoms with Crippen LogP contribution in [0.25, 0.3) is 0 Å². The van der Waals surface area contributed by atoms with Crippen LogP contribution in [0.1, 0.15) is 19.8 Å². The summed E-state index contributed by atoms with van der Waals surface area (Å²) in [6, 6.07) is 0. The number of nitrogens with two attached hydrogens (primary N) is 1. The number of carboxylic acid groups (broad SMARTS) is 1. The summed E-state index contributed by atoms with van der Waals surface area (Å²) in [5.74, 6) is -0.772. The van der Waals surface area contributed by atoms with Gasteiger partial charge in [0, 0.05) is 5.75 Å². The quantitative estimate of drug-likeness (QED) is 0.639. The average Bonchev–Trinajstić information content (AvgIpc) is 1.96. The summed E-state index contributed by atoms with van der Waals surface area (Å²) in [4.78, 5) is 20.8. The van der Waals surface area contributed by atoms with Gasteiger partial charge < -0.3 is 10.8 Å². The summed E-state index contributed by atoms with van der Waals surface area (Å²) in [5, 5.41) is 8.06. The van der Waals surface area contributed by atoms with E-state index in [0.29, 0.717) is 12.2 Å². The molecule has 0 heterocycles. The van der Waals surface area contributed by atoms with Crippen molar-refractivity contribution in [3.05, 3.63) is 0 Å². The van der Waals surface area contributed by atoms with E-state index in [1.165, 1.54) is 11.8 Å². The molecule has 0 rings (SSSR count). The summed E-state index contributed by atoms with van der Waals surface area (Å²) in [5.41, 5.74) is 5.06. The molecule has 1 unspecified atom stereocenters. The molecule has 0 aromatic heterocycles. The minimum atomic E-state index is -0.846. The van der Waals surface area contributed by atoms with Crippen LogP contribution < -0.4 is 5.73 Å². The predicted molar refractivity (Wildman–Crippen MR) is 48.0 cm³/mol. The third kappa shape index (κ3) is 5.01. The van der Waals surface area contributed by atoms with Gasteiger partial charge in [0.25, 0.3) is 0 Å². The summed E-state index contributed by atoms with van der Waals surface area (Å²) >= 11 is 1.30. The van der Waals surface area contributed by atoms with E-state index in [4.69, 9.17) is 10.8 Å². The molecule has 0 fully saturated rings. The molecule has 0 spiro atoms. The van der Waals surface area contributed by atoms with Gasteiger partial charge in [-0.3, -0.25) is 9.59 Å². The normalized spacial score (nSPS) is 12.4. The highest BCUT2D eigenvalue weighted by atomic mass is 32.2. The van der Waals surface area contributed by atoms with E-state index in [9.17, 15) is 9.59 Å². The van der Waals surface area contributed by atoms with E-state index in [0.717, 1.165) is 0 Å². The lowest BCUT2D eigenvalue weighted by Crippen LogP contribution is -2.25. The fourth-order valence-electron chi connectivity index (χ4n) is 0.690. The lowest BCUT2D eigenvalue weighted by Gasteiger charge is -2.08. The first-order valence-corrected chi connectivity index (χ1v) is 4.75. The molecule has 0 aliphatic rings. The van der Waals surface area contributed by atoms with Crippen molar-refractivity contribution < 1.29 is 14.7 Å². The van der Waals surface area contributed by atoms with Gasteiger partial charge >= 0.3 is 5.97 Å². The molecular weight excluding hydrogens is 178 g/mol. The SMILES string of the molecule is CCC(SCCC(=O)O)C(N)=O. The Kier molecular flexibility index (Phi) is 5.53. The molecule has 4 nitrogen and oxygen atoms in total. The molecular formula is C7H13NO3S. The van der Waals surface area contributed by atoms with E-state index >= 15 is 0 Å². The monoisotopic (exact) mass is 191 g/mol. The van der Waals surface area contributed by atoms with Crippen LogP contribution in [0.15, 0.2) is 0 Å². The van der Waals surface area contributed by atoms with Crippen LogP contribution in [-0.4, -0.2) is 28.0 Å². The molecule has 0 aliphatic carbocycles. The summed E-state index contributed by atoms with van der Waals surface area (Å²) < 4.78 is 0. The van der Waals surface area contributed by atoms with Crippen LogP contribution >= 0.6 is 11.8 Å². The zero-order valence-electron chi connectivity index (χ0n) is 6.95. The zero-order valence-corrected chi connectivity index (χ0v) is 7.76. The number of hydrogen-bond donors (Lipinski definition) is 2. The third-order valence-electron chi connectivity index (χ3n) is 1.32. The van der Waals surface area contributed by atoms with Gasteiger partial charge in [-0.25, -0.2) is 0 Å². The predicted octanol–water partition coefficient (Wildman–Crippen LogP) is 0.458. The van der Waals surface area contributed by atoms with Gasteiger partial charge in [0.05, 0.1) is 11.7 Å². The van der Waals surface area contributed by atoms with Crippen molar-refractivity contribution in [1.82, 2.24) is 0 Å². The molecule has 0 aromatic carbocycles. The molecule has 12 heavy (non-hydrogen) atoms. The van der Waals surface area contributed by atoms with Crippen molar-refractivity contribution in [3.8, 4) is 0 Å². The number of primary amides is 1. The Balaban J connectivity index is 3.59. The second kappa shape index (κ2) is 5.88. The number of aliphatic carboxylic acids is 1. The van der Waals surface area contributed by atoms with Crippen LogP contribution in [0.3, 0.4) is 0 Å². The van der Waals surface area contributed by atoms with Crippen LogP contribution in [0, 0.1) is 0 Å². The number of rotatable bonds is 6. The molecule has 5 heteroatoms. The maximum Gasteiger partial charge on any atom is 0.304 e. The minimum absolute atomic E-state index is 0.0778. The van der Waals surface area contributed by atoms with Gasteiger partial charge in [0.2, 0.25) is 5.91 Å². The summed E-state index contributed by atoms with van der Waals surface area (Å²) in [6.07, 6.45) is 0.730. The minimum Gasteiger partial charge on any atom is -0.481 e. The van der Waals surface area contributed by atoms with Crippen LogP contribution in [0.5, 0.6) is 0 Å². The van der Waals surface area contributed by atoms with Crippen molar-refractivity contribution in [2.45, 2.75) is 25.0 Å². The van der Waals surface area contributed by atoms with Gasteiger partial charge in [-0.15, -0.1) is 11.8 Å². The number of hydrogen-bond acceptors (Lipinski definition) is 3. The van der Waals surface area contributed by atoms with E-state index in [2.05, 4.69) is 0 Å². The fraction of sp³-hybridized carbons (Fsp3) is 0.714. The lowest BCUT2D eigenvalue weighted by atomic mass is 10.3. The third-order valence-corrected chi connectivity index (χ3v) is 2.73. The Morgan fingerprint density at radius 3 is 2.50 bits per heavy atom. The van der Waals surface area contributed by atoms with Gasteiger partial charge in [-0.2, -0.15) is 0 Å². The smallest absolute Gasteiger partial charge is 0.304 e. The largest absolute Gasteiger partial charge is 0.481 e. The number of carbonyl (C=O) groups is 2. The number of thioether (sulfide) groups is 1. The Bertz CT molecular complexity index is 172. The molecule has 3 N–H and O–H groups in total. The van der Waals surface area contributed by atoms with Crippen LogP contribution in [0.2, 0.25) is 0 Å². The standard InChI is InChI=1S/C7H13NO3S/c1-2-5(7(8)11)12-4-3-6(9)10/h5H,2-4H2,1H3,(H2,8,11)(H,9,10). The molecule has 1 atom stereocenters. The first-order valence-electron chi connectivity index (χ1n) is 3.70. The van der Waals surface area contributed by atoms with E-state index in [-0.39, 0.29) is 17.6 Å². The average molecular weight is 191 g/mol. The van der Waals surface area contributed by atoms with Crippen molar-refractivity contribution in [3.63, 3.8) is 0 Å². The van der Waals surface area contributed by atoms with Crippen molar-refractivity contribution in [1.29, 1.82) is 0 Å². The van der Waals surface area contributed by atoms with Gasteiger partial charge in [-0.1, -0.05) is 6.92 Å². The molecule has 0 bridgehead atoms. The Morgan fingerprint density at radius 2 is 2.17 bits per heavy atom. The Morgan fingerprint density at radius 1 is 1.58 bits per heavy atom. The zero-order chi connectivity index (χ0) is 9.56. The lowest BCUT2D eigenvalue weighted by molar-refractivity contribution is -0.136. The summed E-state index contributed by atoms with van der Waals surface area (Å²) in [6.45, 7) is 1.85. The van der Waals surface area contributed by atoms with Gasteiger partial charge in [0.1, 0.15) is 0 Å². The first-order chi connectivity index (χ1) is 5.57. The molecule has 0 saturated heterocycles. The highest BCUT2D eigenvalue weighted by Gasteiger charge is 2.13. The van der Waals surface area contributed by atoms with Crippen molar-refractivity contribution >= 4 is 23.6 Å². The highest BCUT2D eigenvalue weighted by molar-refractivity contribution is 8.00. The number of carbonyl (C=O) groups excluding carboxylic acids is 1. The highest BCUT2D eigenvalue weighted by Crippen LogP contribution is 2.14. The van der Waals surface area contributed by atoms with Gasteiger partial charge in [0.15, 0.2) is 0 Å². The van der Waals surface area contributed by atoms with E-state index in [1.807, 2.05) is 6.92 Å². The van der Waals surface area contributed by atoms with E-state index < -0.39 is 5.97 Å². The first kappa shape index (κ1) is 11.3. The molecule has 1 amide bonds. The fourth-order valence-corrected chi connectivity index (χ4v) is 1.67. The number of carboxylic acids is 1. The number of amides is 1. The summed E-state index contributed by atoms with van der Waals surface area (Å²) in [7, 11) is 0.